The van der Waals surface area contributed by atoms with Crippen LogP contribution in [-0.4, -0.2) is 18.2 Å². The number of nitrogens with one attached hydrogen (secondary N) is 1. The van der Waals surface area contributed by atoms with Crippen LogP contribution in [0.2, 0.25) is 10.0 Å². The van der Waals surface area contributed by atoms with Crippen molar-refractivity contribution in [1.29, 1.82) is 0 Å². The van der Waals surface area contributed by atoms with Crippen molar-refractivity contribution in [3.8, 4) is 0 Å². The van der Waals surface area contributed by atoms with Crippen LogP contribution in [0.25, 0.3) is 0 Å². The Hall–Kier alpha value is -1.44. The summed E-state index contributed by atoms with van der Waals surface area (Å²) in [5.74, 6) is 0. The summed E-state index contributed by atoms with van der Waals surface area (Å²) < 4.78 is 27.9. The largest absolute Gasteiger partial charge is 0.398 e. The number of nitrogens with two attached hydrogens (primary N) is 1. The molecule has 0 saturated carbocycles. The summed E-state index contributed by atoms with van der Waals surface area (Å²) in [7, 11) is -2.36. The summed E-state index contributed by atoms with van der Waals surface area (Å²) in [6, 6.07) is 4.42. The van der Waals surface area contributed by atoms with Gasteiger partial charge in [-0.3, -0.25) is 9.40 Å². The van der Waals surface area contributed by atoms with Gasteiger partial charge >= 0.3 is 0 Å². The number of sulfonamides is 1. The van der Waals surface area contributed by atoms with E-state index in [1.807, 2.05) is 0 Å². The van der Waals surface area contributed by atoms with Gasteiger partial charge in [-0.2, -0.15) is 13.5 Å². The quantitative estimate of drug-likeness (QED) is 0.847. The van der Waals surface area contributed by atoms with Gasteiger partial charge in [0.05, 0.1) is 27.6 Å². The molecule has 0 aliphatic rings. The van der Waals surface area contributed by atoms with Crippen molar-refractivity contribution in [2.75, 3.05) is 10.5 Å². The lowest BCUT2D eigenvalue weighted by Gasteiger charge is -2.09. The molecule has 0 amide bonds. The summed E-state index contributed by atoms with van der Waals surface area (Å²) in [5, 5.41) is 3.95. The maximum absolute atomic E-state index is 12.2. The van der Waals surface area contributed by atoms with Crippen molar-refractivity contribution in [1.82, 2.24) is 9.78 Å². The minimum atomic E-state index is -3.84. The van der Waals surface area contributed by atoms with Gasteiger partial charge in [-0.05, 0) is 18.2 Å². The summed E-state index contributed by atoms with van der Waals surface area (Å²) in [5.41, 5.74) is 6.20. The van der Waals surface area contributed by atoms with Crippen LogP contribution in [0.15, 0.2) is 29.4 Å². The number of benzene rings is 1. The molecule has 0 saturated heterocycles. The maximum atomic E-state index is 12.2. The molecular formula is C10H10Cl2N4O2S. The minimum absolute atomic E-state index is 0.0385. The van der Waals surface area contributed by atoms with Crippen molar-refractivity contribution < 1.29 is 8.42 Å². The Labute approximate surface area is 120 Å². The standard InChI is InChI=1S/C10H10Cl2N4O2S/c1-16-10(8(12)5-14-16)19(17,18)15-6-2-3-9(13)7(11)4-6/h2-5,15H,13H2,1H3. The van der Waals surface area contributed by atoms with E-state index in [0.29, 0.717) is 5.69 Å². The molecule has 102 valence electrons. The molecule has 0 aliphatic heterocycles. The van der Waals surface area contributed by atoms with E-state index in [2.05, 4.69) is 9.82 Å². The van der Waals surface area contributed by atoms with Gasteiger partial charge in [0.15, 0.2) is 5.03 Å². The first-order valence-electron chi connectivity index (χ1n) is 5.06. The predicted molar refractivity (Wildman–Crippen MR) is 74.9 cm³/mol. The third kappa shape index (κ3) is 2.78. The minimum Gasteiger partial charge on any atom is -0.398 e. The molecule has 0 atom stereocenters. The van der Waals surface area contributed by atoms with Crippen LogP contribution in [0.4, 0.5) is 11.4 Å². The lowest BCUT2D eigenvalue weighted by atomic mass is 10.3. The monoisotopic (exact) mass is 320 g/mol. The molecule has 1 aromatic heterocycles. The average molecular weight is 321 g/mol. The Kier molecular flexibility index (Phi) is 3.62. The molecule has 3 N–H and O–H groups in total. The van der Waals surface area contributed by atoms with Crippen LogP contribution in [0, 0.1) is 0 Å². The first-order valence-corrected chi connectivity index (χ1v) is 7.30. The van der Waals surface area contributed by atoms with Crippen LogP contribution < -0.4 is 10.5 Å². The Morgan fingerprint density at radius 1 is 1.32 bits per heavy atom. The molecule has 0 fully saturated rings. The van der Waals surface area contributed by atoms with Crippen molar-refractivity contribution in [3.63, 3.8) is 0 Å². The molecule has 0 spiro atoms. The number of hydrogen-bond donors (Lipinski definition) is 2. The van der Waals surface area contributed by atoms with Crippen molar-refractivity contribution >= 4 is 44.6 Å². The third-order valence-corrected chi connectivity index (χ3v) is 4.56. The molecule has 2 aromatic rings. The van der Waals surface area contributed by atoms with Crippen LogP contribution in [0.1, 0.15) is 0 Å². The molecule has 1 aromatic carbocycles. The first kappa shape index (κ1) is 14.0. The van der Waals surface area contributed by atoms with E-state index < -0.39 is 10.0 Å². The molecular weight excluding hydrogens is 311 g/mol. The van der Waals surface area contributed by atoms with Gasteiger partial charge in [0.2, 0.25) is 0 Å². The predicted octanol–water partition coefficient (Wildman–Crippen LogP) is 2.11. The van der Waals surface area contributed by atoms with Gasteiger partial charge in [-0.1, -0.05) is 23.2 Å². The number of rotatable bonds is 3. The molecule has 0 bridgehead atoms. The van der Waals surface area contributed by atoms with Gasteiger partial charge in [-0.15, -0.1) is 0 Å². The van der Waals surface area contributed by atoms with E-state index in [9.17, 15) is 8.42 Å². The highest BCUT2D eigenvalue weighted by atomic mass is 35.5. The highest BCUT2D eigenvalue weighted by Crippen LogP contribution is 2.26. The topological polar surface area (TPSA) is 90.0 Å². The fourth-order valence-electron chi connectivity index (χ4n) is 1.50. The Morgan fingerprint density at radius 3 is 2.53 bits per heavy atom. The number of hydrogen-bond acceptors (Lipinski definition) is 4. The summed E-state index contributed by atoms with van der Waals surface area (Å²) in [4.78, 5) is 0. The van der Waals surface area contributed by atoms with Crippen molar-refractivity contribution in [2.24, 2.45) is 7.05 Å². The summed E-state index contributed by atoms with van der Waals surface area (Å²) in [6.07, 6.45) is 1.26. The molecule has 6 nitrogen and oxygen atoms in total. The van der Waals surface area contributed by atoms with Gasteiger partial charge in [0.1, 0.15) is 0 Å². The van der Waals surface area contributed by atoms with Gasteiger partial charge in [0, 0.05) is 7.05 Å². The zero-order valence-corrected chi connectivity index (χ0v) is 12.1. The number of nitrogen functional groups attached to an aromatic ring is 1. The van der Waals surface area contributed by atoms with Crippen molar-refractivity contribution in [2.45, 2.75) is 5.03 Å². The number of aromatic nitrogens is 2. The number of nitrogens with zero attached hydrogens (tertiary/aromatic N) is 2. The van der Waals surface area contributed by atoms with E-state index in [-0.39, 0.29) is 20.8 Å². The molecule has 0 unspecified atom stereocenters. The second-order valence-corrected chi connectivity index (χ2v) is 6.18. The third-order valence-electron chi connectivity index (χ3n) is 2.35. The SMILES string of the molecule is Cn1ncc(Cl)c1S(=O)(=O)Nc1ccc(N)c(Cl)c1. The van der Waals surface area contributed by atoms with E-state index >= 15 is 0 Å². The van der Waals surface area contributed by atoms with Crippen LogP contribution in [0.5, 0.6) is 0 Å². The zero-order chi connectivity index (χ0) is 14.2. The highest BCUT2D eigenvalue weighted by Gasteiger charge is 2.22. The lowest BCUT2D eigenvalue weighted by molar-refractivity contribution is 0.582. The second kappa shape index (κ2) is 4.92. The normalized spacial score (nSPS) is 11.5. The van der Waals surface area contributed by atoms with Crippen LogP contribution in [-0.2, 0) is 17.1 Å². The fourth-order valence-corrected chi connectivity index (χ4v) is 3.39. The van der Waals surface area contributed by atoms with E-state index in [1.54, 1.807) is 0 Å². The highest BCUT2D eigenvalue weighted by molar-refractivity contribution is 7.92. The van der Waals surface area contributed by atoms with E-state index in [4.69, 9.17) is 28.9 Å². The van der Waals surface area contributed by atoms with E-state index in [1.165, 1.54) is 36.1 Å². The first-order chi connectivity index (χ1) is 8.81. The molecule has 2 rings (SSSR count). The Morgan fingerprint density at radius 2 is 2.00 bits per heavy atom. The molecule has 0 aliphatic carbocycles. The number of aryl methyl sites for hydroxylation is 1. The van der Waals surface area contributed by atoms with Gasteiger partial charge < -0.3 is 5.73 Å². The Bertz CT molecular complexity index is 708. The van der Waals surface area contributed by atoms with E-state index in [0.717, 1.165) is 0 Å². The van der Waals surface area contributed by atoms with Crippen LogP contribution in [0.3, 0.4) is 0 Å². The van der Waals surface area contributed by atoms with Crippen LogP contribution >= 0.6 is 23.2 Å². The Balaban J connectivity index is 2.39. The van der Waals surface area contributed by atoms with Gasteiger partial charge in [-0.25, -0.2) is 0 Å². The molecule has 1 heterocycles. The average Bonchev–Trinajstić information content (AvgIpc) is 2.64. The second-order valence-electron chi connectivity index (χ2n) is 3.76. The summed E-state index contributed by atoms with van der Waals surface area (Å²) in [6.45, 7) is 0. The number of halogens is 2. The van der Waals surface area contributed by atoms with Crippen molar-refractivity contribution in [3.05, 3.63) is 34.4 Å². The smallest absolute Gasteiger partial charge is 0.280 e. The summed E-state index contributed by atoms with van der Waals surface area (Å²) >= 11 is 11.6. The van der Waals surface area contributed by atoms with Gasteiger partial charge in [0.25, 0.3) is 10.0 Å². The molecule has 9 heteroatoms. The maximum Gasteiger partial charge on any atom is 0.280 e. The fraction of sp³-hybridized carbons (Fsp3) is 0.100. The number of anilines is 2. The molecule has 0 radical (unpaired) electrons. The zero-order valence-electron chi connectivity index (χ0n) is 9.76. The molecule has 19 heavy (non-hydrogen) atoms. The lowest BCUT2D eigenvalue weighted by Crippen LogP contribution is -2.17.